The van der Waals surface area contributed by atoms with Crippen LogP contribution in [0.5, 0.6) is 0 Å². The van der Waals surface area contributed by atoms with Crippen LogP contribution in [0.25, 0.3) is 11.4 Å². The lowest BCUT2D eigenvalue weighted by Gasteiger charge is -2.46. The van der Waals surface area contributed by atoms with Crippen LogP contribution in [0.3, 0.4) is 0 Å². The van der Waals surface area contributed by atoms with Gasteiger partial charge in [0.2, 0.25) is 0 Å². The molecule has 324 valence electrons. The Morgan fingerprint density at radius 2 is 1.78 bits per heavy atom. The first-order chi connectivity index (χ1) is 27.4. The summed E-state index contributed by atoms with van der Waals surface area (Å²) in [6.07, 6.45) is 1.71. The number of rotatable bonds is 11. The highest BCUT2D eigenvalue weighted by molar-refractivity contribution is 6.00. The Bertz CT molecular complexity index is 1680. The summed E-state index contributed by atoms with van der Waals surface area (Å²) < 4.78 is 33.2. The fraction of sp³-hybridized carbons (Fsp3) is 0.780. The number of hydrogen-bond acceptors (Lipinski definition) is 15. The minimum Gasteiger partial charge on any atom is -0.458 e. The van der Waals surface area contributed by atoms with Gasteiger partial charge in [-0.15, -0.1) is 10.2 Å². The van der Waals surface area contributed by atoms with Crippen molar-refractivity contribution in [3.63, 3.8) is 0 Å². The van der Waals surface area contributed by atoms with E-state index in [9.17, 15) is 19.5 Å². The van der Waals surface area contributed by atoms with Crippen molar-refractivity contribution < 1.29 is 43.2 Å². The largest absolute Gasteiger partial charge is 0.458 e. The minimum absolute atomic E-state index is 0.0129. The molecule has 2 N–H and O–H groups in total. The molecular formula is C41H66N8O9. The van der Waals surface area contributed by atoms with E-state index < -0.39 is 71.5 Å². The van der Waals surface area contributed by atoms with Gasteiger partial charge in [0, 0.05) is 44.4 Å². The summed E-state index contributed by atoms with van der Waals surface area (Å²) in [5.41, 5.74) is -1.02. The molecule has 13 atom stereocenters. The zero-order valence-electron chi connectivity index (χ0n) is 36.2. The number of cyclic esters (lactones) is 1. The summed E-state index contributed by atoms with van der Waals surface area (Å²) in [5, 5.41) is 31.6. The average Bonchev–Trinajstić information content (AvgIpc) is 3.77. The first-order valence-electron chi connectivity index (χ1n) is 20.8. The maximum Gasteiger partial charge on any atom is 0.410 e. The van der Waals surface area contributed by atoms with Crippen molar-refractivity contribution in [1.29, 1.82) is 0 Å². The first kappa shape index (κ1) is 45.5. The van der Waals surface area contributed by atoms with Crippen LogP contribution < -0.4 is 5.32 Å². The topological polar surface area (TPSA) is 193 Å². The number of ether oxygens (including phenoxy) is 5. The number of carbonyl (C=O) groups is 3. The van der Waals surface area contributed by atoms with Crippen LogP contribution in [0.4, 0.5) is 4.79 Å². The molecule has 17 heteroatoms. The van der Waals surface area contributed by atoms with Gasteiger partial charge in [0.05, 0.1) is 30.0 Å². The van der Waals surface area contributed by atoms with Crippen molar-refractivity contribution in [2.45, 2.75) is 154 Å². The normalized spacial score (nSPS) is 36.9. The molecule has 5 rings (SSSR count). The number of carbonyl (C=O) groups excluding carboxylic acids is 3. The third kappa shape index (κ3) is 9.87. The van der Waals surface area contributed by atoms with Crippen LogP contribution in [0.15, 0.2) is 24.5 Å². The van der Waals surface area contributed by atoms with Gasteiger partial charge in [0.15, 0.2) is 17.7 Å². The number of amides is 1. The molecule has 0 spiro atoms. The molecule has 5 heterocycles. The molecule has 3 aliphatic rings. The fourth-order valence-electron chi connectivity index (χ4n) is 9.18. The van der Waals surface area contributed by atoms with Gasteiger partial charge in [-0.1, -0.05) is 26.0 Å². The van der Waals surface area contributed by atoms with Gasteiger partial charge in [0.1, 0.15) is 29.5 Å². The Labute approximate surface area is 342 Å². The second-order valence-electron chi connectivity index (χ2n) is 17.3. The zero-order valence-corrected chi connectivity index (χ0v) is 36.2. The Hall–Kier alpha value is -3.61. The van der Waals surface area contributed by atoms with E-state index in [2.05, 4.69) is 32.7 Å². The van der Waals surface area contributed by atoms with Crippen LogP contribution in [0.1, 0.15) is 87.5 Å². The number of hydrogen-bond donors (Lipinski definition) is 2. The van der Waals surface area contributed by atoms with Gasteiger partial charge in [-0.3, -0.25) is 19.2 Å². The van der Waals surface area contributed by atoms with Crippen LogP contribution in [0, 0.1) is 17.8 Å². The van der Waals surface area contributed by atoms with E-state index in [1.54, 1.807) is 35.9 Å². The van der Waals surface area contributed by atoms with Crippen LogP contribution in [-0.2, 0) is 39.8 Å². The molecule has 0 aromatic carbocycles. The number of aryl methyl sites for hydroxylation is 1. The van der Waals surface area contributed by atoms with Crippen molar-refractivity contribution in [3.05, 3.63) is 24.5 Å². The third-order valence-electron chi connectivity index (χ3n) is 12.5. The van der Waals surface area contributed by atoms with E-state index in [0.717, 1.165) is 0 Å². The van der Waals surface area contributed by atoms with Crippen LogP contribution >= 0.6 is 0 Å². The standard InChI is InChI=1S/C41H66N8O9/c1-12-32-41(8)35(49(39(53)58-41)19-14-13-18-48-23-30(45-46-48)29-16-15-17-43-44-29)28(6)42-22-24(2)21-40(7,54-11)36(26(4)33(50)27(5)37(52)56-32)57-38-34(51)31(47(9)10)20-25(3)55-38/h15-17,23-28,31-32,34-36,38,42,51H,12-14,18-22H2,1-11H3/t24-,25-,26+,27-,28-,31?,32-,34?,35-,36-,38+,40-,41-/m1/s1. The molecule has 2 aromatic rings. The molecule has 0 bridgehead atoms. The molecular weight excluding hydrogens is 748 g/mol. The maximum atomic E-state index is 14.4. The number of aliphatic hydroxyl groups is 1. The number of Topliss-reactive ketones (excluding diaryl/α,β-unsaturated/α-hetero) is 1. The summed E-state index contributed by atoms with van der Waals surface area (Å²) in [6.45, 7) is 16.4. The van der Waals surface area contributed by atoms with Gasteiger partial charge in [-0.05, 0) is 105 Å². The molecule has 2 aromatic heterocycles. The number of unbranched alkanes of at least 4 members (excludes halogenated alkanes) is 1. The lowest BCUT2D eigenvalue weighted by Crippen LogP contribution is -2.61. The Morgan fingerprint density at radius 1 is 1.05 bits per heavy atom. The van der Waals surface area contributed by atoms with Crippen molar-refractivity contribution >= 4 is 17.8 Å². The van der Waals surface area contributed by atoms with Crippen molar-refractivity contribution in [2.75, 3.05) is 34.3 Å². The minimum atomic E-state index is -1.23. The summed E-state index contributed by atoms with van der Waals surface area (Å²) in [7, 11) is 5.39. The second-order valence-corrected chi connectivity index (χ2v) is 17.3. The predicted molar refractivity (Wildman–Crippen MR) is 213 cm³/mol. The molecule has 3 fully saturated rings. The molecule has 0 saturated carbocycles. The number of methoxy groups -OCH3 is 1. The van der Waals surface area contributed by atoms with E-state index in [4.69, 9.17) is 23.7 Å². The van der Waals surface area contributed by atoms with Crippen molar-refractivity contribution in [1.82, 2.24) is 40.3 Å². The summed E-state index contributed by atoms with van der Waals surface area (Å²) in [6, 6.07) is 2.57. The summed E-state index contributed by atoms with van der Waals surface area (Å²) >= 11 is 0. The van der Waals surface area contributed by atoms with Gasteiger partial charge < -0.3 is 39.0 Å². The van der Waals surface area contributed by atoms with E-state index in [1.807, 2.05) is 65.9 Å². The van der Waals surface area contributed by atoms with Gasteiger partial charge >= 0.3 is 12.1 Å². The van der Waals surface area contributed by atoms with Crippen molar-refractivity contribution in [3.8, 4) is 11.4 Å². The SMILES string of the molecule is CC[C@H]1OC(=O)[C@H](C)C(=O)[C@H](C)[C@@H](O[C@@H]2O[C@H](C)CC(N(C)C)C2O)[C@](C)(OC)C[C@@H](C)CN[C@H](C)[C@H]2N(CCCCn3cc(-c4cccnn4)nn3)C(=O)O[C@]12C. The monoisotopic (exact) mass is 814 g/mol. The molecule has 3 saturated heterocycles. The molecule has 58 heavy (non-hydrogen) atoms. The van der Waals surface area contributed by atoms with Crippen molar-refractivity contribution in [2.24, 2.45) is 17.8 Å². The van der Waals surface area contributed by atoms with Gasteiger partial charge in [-0.2, -0.15) is 5.10 Å². The molecule has 0 aliphatic carbocycles. The quantitative estimate of drug-likeness (QED) is 0.190. The van der Waals surface area contributed by atoms with Gasteiger partial charge in [0.25, 0.3) is 0 Å². The number of aliphatic hydroxyl groups excluding tert-OH is 1. The molecule has 3 aliphatic heterocycles. The summed E-state index contributed by atoms with van der Waals surface area (Å²) in [5.74, 6) is -3.17. The Morgan fingerprint density at radius 3 is 2.43 bits per heavy atom. The predicted octanol–water partition coefficient (Wildman–Crippen LogP) is 3.49. The number of nitrogens with zero attached hydrogens (tertiary/aromatic N) is 7. The molecule has 1 amide bonds. The van der Waals surface area contributed by atoms with E-state index in [-0.39, 0.29) is 24.1 Å². The van der Waals surface area contributed by atoms with E-state index in [0.29, 0.717) is 63.1 Å². The highest BCUT2D eigenvalue weighted by Crippen LogP contribution is 2.40. The molecule has 0 radical (unpaired) electrons. The maximum absolute atomic E-state index is 14.4. The molecule has 17 nitrogen and oxygen atoms in total. The second kappa shape index (κ2) is 19.2. The Kier molecular flexibility index (Phi) is 15.0. The highest BCUT2D eigenvalue weighted by atomic mass is 16.7. The van der Waals surface area contributed by atoms with Crippen LogP contribution in [-0.4, -0.2) is 152 Å². The first-order valence-corrected chi connectivity index (χ1v) is 20.8. The van der Waals surface area contributed by atoms with Crippen LogP contribution in [0.2, 0.25) is 0 Å². The number of ketones is 1. The zero-order chi connectivity index (χ0) is 42.5. The number of fused-ring (bicyclic) bond motifs is 1. The number of aromatic nitrogens is 5. The fourth-order valence-corrected chi connectivity index (χ4v) is 9.18. The number of esters is 1. The molecule has 2 unspecified atom stereocenters. The average molecular weight is 815 g/mol. The number of nitrogens with one attached hydrogen (secondary N) is 1. The smallest absolute Gasteiger partial charge is 0.410 e. The lowest BCUT2D eigenvalue weighted by atomic mass is 9.78. The highest BCUT2D eigenvalue weighted by Gasteiger charge is 2.58. The number of likely N-dealkylation sites (N-methyl/N-ethyl adjacent to an activating group) is 1. The lowest BCUT2D eigenvalue weighted by molar-refractivity contribution is -0.295. The van der Waals surface area contributed by atoms with Gasteiger partial charge in [-0.25, -0.2) is 4.79 Å². The van der Waals surface area contributed by atoms with E-state index >= 15 is 0 Å². The summed E-state index contributed by atoms with van der Waals surface area (Å²) in [4.78, 5) is 45.8. The Balaban J connectivity index is 1.38. The third-order valence-corrected chi connectivity index (χ3v) is 12.5. The van der Waals surface area contributed by atoms with E-state index in [1.165, 1.54) is 6.92 Å².